The van der Waals surface area contributed by atoms with Crippen LogP contribution in [-0.2, 0) is 6.61 Å². The van der Waals surface area contributed by atoms with Crippen molar-refractivity contribution in [1.82, 2.24) is 15.1 Å². The molecule has 0 fully saturated rings. The fourth-order valence-corrected chi connectivity index (χ4v) is 4.58. The number of rotatable bonds is 7. The third-order valence-electron chi connectivity index (χ3n) is 5.99. The number of nitrogens with one attached hydrogen (secondary N) is 1. The molecule has 5 rings (SSSR count). The van der Waals surface area contributed by atoms with Crippen LogP contribution in [0, 0.1) is 0 Å². The molecule has 34 heavy (non-hydrogen) atoms. The Kier molecular flexibility index (Phi) is 5.99. The Morgan fingerprint density at radius 3 is 2.59 bits per heavy atom. The second-order valence-corrected chi connectivity index (χ2v) is 8.70. The van der Waals surface area contributed by atoms with Crippen LogP contribution >= 0.6 is 11.6 Å². The average Bonchev–Trinajstić information content (AvgIpc) is 3.40. The lowest BCUT2D eigenvalue weighted by Crippen LogP contribution is -2.30. The van der Waals surface area contributed by atoms with Crippen molar-refractivity contribution in [1.29, 1.82) is 0 Å². The number of hydrogen-bond donors (Lipinski definition) is 2. The number of aromatic hydroxyl groups is 1. The minimum atomic E-state index is -0.335. The van der Waals surface area contributed by atoms with Crippen LogP contribution in [0.1, 0.15) is 46.6 Å². The number of carbonyl (C=O) groups excluding carboxylic acids is 1. The summed E-state index contributed by atoms with van der Waals surface area (Å²) in [6, 6.07) is 22.3. The number of aromatic amines is 1. The first kappa shape index (κ1) is 22.0. The van der Waals surface area contributed by atoms with E-state index in [1.54, 1.807) is 12.1 Å². The highest BCUT2D eigenvalue weighted by molar-refractivity contribution is 6.31. The topological polar surface area (TPSA) is 78.5 Å². The summed E-state index contributed by atoms with van der Waals surface area (Å²) >= 11 is 6.20. The first-order chi connectivity index (χ1) is 16.6. The van der Waals surface area contributed by atoms with Gasteiger partial charge >= 0.3 is 0 Å². The summed E-state index contributed by atoms with van der Waals surface area (Å²) in [5, 5.41) is 18.3. The maximum Gasteiger partial charge on any atom is 0.273 e. The maximum absolute atomic E-state index is 13.2. The molecule has 0 aliphatic carbocycles. The number of ether oxygens (including phenoxy) is 1. The Morgan fingerprint density at radius 2 is 1.85 bits per heavy atom. The molecule has 0 bridgehead atoms. The summed E-state index contributed by atoms with van der Waals surface area (Å²) < 4.78 is 5.93. The SMILES string of the molecule is CCCN1C(=O)c2[nH]nc(-c3cc(Cl)ccc3O)c2C1c1ccc(OCc2ccccc2)cc1. The average molecular weight is 474 g/mol. The van der Waals surface area contributed by atoms with Crippen LogP contribution < -0.4 is 4.74 Å². The van der Waals surface area contributed by atoms with Gasteiger partial charge in [0.25, 0.3) is 5.91 Å². The van der Waals surface area contributed by atoms with Crippen molar-refractivity contribution in [3.05, 3.63) is 100 Å². The Labute approximate surface area is 202 Å². The van der Waals surface area contributed by atoms with Crippen molar-refractivity contribution < 1.29 is 14.6 Å². The molecule has 6 nitrogen and oxygen atoms in total. The summed E-state index contributed by atoms with van der Waals surface area (Å²) in [4.78, 5) is 15.1. The normalized spacial score (nSPS) is 14.9. The van der Waals surface area contributed by atoms with Gasteiger partial charge in [-0.05, 0) is 47.9 Å². The number of amides is 1. The zero-order chi connectivity index (χ0) is 23.7. The molecule has 1 aliphatic heterocycles. The molecule has 7 heteroatoms. The minimum absolute atomic E-state index is 0.0588. The highest BCUT2D eigenvalue weighted by Crippen LogP contribution is 2.45. The van der Waals surface area contributed by atoms with Crippen LogP contribution in [0.4, 0.5) is 0 Å². The Balaban J connectivity index is 1.50. The fraction of sp³-hybridized carbons (Fsp3) is 0.185. The molecule has 1 amide bonds. The smallest absolute Gasteiger partial charge is 0.273 e. The van der Waals surface area contributed by atoms with Crippen molar-refractivity contribution in [2.24, 2.45) is 0 Å². The van der Waals surface area contributed by atoms with Gasteiger partial charge in [-0.25, -0.2) is 0 Å². The van der Waals surface area contributed by atoms with Crippen molar-refractivity contribution in [3.63, 3.8) is 0 Å². The summed E-state index contributed by atoms with van der Waals surface area (Å²) in [7, 11) is 0. The number of halogens is 1. The fourth-order valence-electron chi connectivity index (χ4n) is 4.41. The van der Waals surface area contributed by atoms with E-state index >= 15 is 0 Å². The van der Waals surface area contributed by atoms with Gasteiger partial charge in [0.15, 0.2) is 0 Å². The molecule has 1 aromatic heterocycles. The van der Waals surface area contributed by atoms with E-state index in [9.17, 15) is 9.90 Å². The minimum Gasteiger partial charge on any atom is -0.507 e. The maximum atomic E-state index is 13.2. The second-order valence-electron chi connectivity index (χ2n) is 8.27. The predicted octanol–water partition coefficient (Wildman–Crippen LogP) is 5.97. The van der Waals surface area contributed by atoms with E-state index in [0.29, 0.717) is 35.1 Å². The summed E-state index contributed by atoms with van der Waals surface area (Å²) in [6.07, 6.45) is 0.815. The molecule has 2 heterocycles. The van der Waals surface area contributed by atoms with E-state index in [1.165, 1.54) is 6.07 Å². The molecule has 1 atom stereocenters. The van der Waals surface area contributed by atoms with Gasteiger partial charge in [0.2, 0.25) is 0 Å². The highest BCUT2D eigenvalue weighted by Gasteiger charge is 2.42. The molecule has 4 aromatic rings. The van der Waals surface area contributed by atoms with Crippen LogP contribution in [0.2, 0.25) is 5.02 Å². The molecule has 2 N–H and O–H groups in total. The molecule has 172 valence electrons. The van der Waals surface area contributed by atoms with Crippen LogP contribution in [0.15, 0.2) is 72.8 Å². The second kappa shape index (κ2) is 9.23. The van der Waals surface area contributed by atoms with E-state index in [2.05, 4.69) is 10.2 Å². The number of H-pyrrole nitrogens is 1. The molecule has 0 saturated heterocycles. The largest absolute Gasteiger partial charge is 0.507 e. The number of hydrogen-bond acceptors (Lipinski definition) is 4. The lowest BCUT2D eigenvalue weighted by molar-refractivity contribution is 0.0744. The quantitative estimate of drug-likeness (QED) is 0.346. The molecule has 1 aliphatic rings. The number of aromatic nitrogens is 2. The van der Waals surface area contributed by atoms with Gasteiger partial charge in [-0.15, -0.1) is 0 Å². The van der Waals surface area contributed by atoms with Crippen molar-refractivity contribution in [3.8, 4) is 22.8 Å². The van der Waals surface area contributed by atoms with Crippen LogP contribution in [0.5, 0.6) is 11.5 Å². The molecule has 1 unspecified atom stereocenters. The van der Waals surface area contributed by atoms with Crippen LogP contribution in [0.3, 0.4) is 0 Å². The zero-order valence-corrected chi connectivity index (χ0v) is 19.4. The van der Waals surface area contributed by atoms with E-state index < -0.39 is 0 Å². The number of benzene rings is 3. The van der Waals surface area contributed by atoms with Gasteiger partial charge in [-0.2, -0.15) is 5.10 Å². The first-order valence-corrected chi connectivity index (χ1v) is 11.6. The highest BCUT2D eigenvalue weighted by atomic mass is 35.5. The summed E-state index contributed by atoms with van der Waals surface area (Å²) in [5.41, 5.74) is 4.24. The van der Waals surface area contributed by atoms with Gasteiger partial charge in [-0.3, -0.25) is 9.89 Å². The number of carbonyl (C=O) groups is 1. The zero-order valence-electron chi connectivity index (χ0n) is 18.7. The molecule has 0 saturated carbocycles. The third kappa shape index (κ3) is 4.01. The van der Waals surface area contributed by atoms with Crippen molar-refractivity contribution in [2.75, 3.05) is 6.54 Å². The van der Waals surface area contributed by atoms with E-state index in [1.807, 2.05) is 66.4 Å². The summed E-state index contributed by atoms with van der Waals surface area (Å²) in [5.74, 6) is 0.703. The third-order valence-corrected chi connectivity index (χ3v) is 6.22. The Bertz CT molecular complexity index is 1320. The van der Waals surface area contributed by atoms with Gasteiger partial charge in [-0.1, -0.05) is 61.0 Å². The molecular weight excluding hydrogens is 450 g/mol. The monoisotopic (exact) mass is 473 g/mol. The molecule has 0 radical (unpaired) electrons. The number of nitrogens with zero attached hydrogens (tertiary/aromatic N) is 2. The lowest BCUT2D eigenvalue weighted by atomic mass is 9.95. The molecule has 3 aromatic carbocycles. The van der Waals surface area contributed by atoms with Crippen LogP contribution in [-0.4, -0.2) is 32.7 Å². The predicted molar refractivity (Wildman–Crippen MR) is 131 cm³/mol. The standard InChI is InChI=1S/C27H24ClN3O3/c1-2-14-31-26(18-8-11-20(12-9-18)34-16-17-6-4-3-5-7-17)23-24(29-30-25(23)27(31)33)21-15-19(28)10-13-22(21)32/h3-13,15,26,32H,2,14,16H2,1H3,(H,29,30). The lowest BCUT2D eigenvalue weighted by Gasteiger charge is -2.26. The van der Waals surface area contributed by atoms with Gasteiger partial charge in [0, 0.05) is 22.7 Å². The first-order valence-electron chi connectivity index (χ1n) is 11.2. The van der Waals surface area contributed by atoms with Crippen LogP contribution in [0.25, 0.3) is 11.3 Å². The van der Waals surface area contributed by atoms with Crippen molar-refractivity contribution >= 4 is 17.5 Å². The van der Waals surface area contributed by atoms with Gasteiger partial charge in [0.1, 0.15) is 29.5 Å². The number of fused-ring (bicyclic) bond motifs is 1. The van der Waals surface area contributed by atoms with E-state index in [4.69, 9.17) is 16.3 Å². The Hall–Kier alpha value is -3.77. The van der Waals surface area contributed by atoms with Crippen molar-refractivity contribution in [2.45, 2.75) is 26.0 Å². The number of phenolic OH excluding ortho intramolecular Hbond substituents is 1. The molecule has 0 spiro atoms. The molecular formula is C27H24ClN3O3. The van der Waals surface area contributed by atoms with Gasteiger partial charge in [0.05, 0.1) is 6.04 Å². The Morgan fingerprint density at radius 1 is 1.09 bits per heavy atom. The van der Waals surface area contributed by atoms with E-state index in [0.717, 1.165) is 28.9 Å². The number of phenols is 1. The summed E-state index contributed by atoms with van der Waals surface area (Å²) in [6.45, 7) is 3.12. The van der Waals surface area contributed by atoms with E-state index in [-0.39, 0.29) is 17.7 Å². The van der Waals surface area contributed by atoms with Gasteiger partial charge < -0.3 is 14.7 Å².